The van der Waals surface area contributed by atoms with Crippen LogP contribution in [0.1, 0.15) is 27.2 Å². The van der Waals surface area contributed by atoms with E-state index in [9.17, 15) is 18.0 Å². The van der Waals surface area contributed by atoms with E-state index in [-0.39, 0.29) is 34.5 Å². The van der Waals surface area contributed by atoms with Crippen LogP contribution < -0.4 is 16.4 Å². The Kier molecular flexibility index (Phi) is 7.46. The molecule has 0 spiro atoms. The second kappa shape index (κ2) is 11.0. The third-order valence-corrected chi connectivity index (χ3v) is 6.52. The van der Waals surface area contributed by atoms with E-state index in [0.717, 1.165) is 11.1 Å². The number of imidazole rings is 1. The predicted octanol–water partition coefficient (Wildman–Crippen LogP) is 4.92. The van der Waals surface area contributed by atoms with Crippen molar-refractivity contribution < 1.29 is 18.0 Å². The minimum Gasteiger partial charge on any atom is -0.355 e. The standard InChI is InChI=1S/C27H24ClF3N8O/c1-33-26(40)19-6-5-18(12-21(19)28)36-24-25-35-13-22(39(25)10-9-34-24)20-15-38(37-23(20)27(29,30)31)14-17-4-2-3-16(11-17)7-8-32/h2-6,9-13,15H,7-8,14,32H2,1H3,(H,33,40)(H,34,36). The molecule has 4 N–H and O–H groups in total. The molecule has 5 rings (SSSR count). The zero-order chi connectivity index (χ0) is 28.4. The molecule has 3 aromatic heterocycles. The monoisotopic (exact) mass is 568 g/mol. The van der Waals surface area contributed by atoms with Crippen molar-refractivity contribution in [2.24, 2.45) is 5.73 Å². The van der Waals surface area contributed by atoms with E-state index in [1.54, 1.807) is 18.2 Å². The number of nitrogens with zero attached hydrogens (tertiary/aromatic N) is 5. The lowest BCUT2D eigenvalue weighted by atomic mass is 10.1. The van der Waals surface area contributed by atoms with Gasteiger partial charge in [0.05, 0.1) is 34.6 Å². The number of halogens is 4. The highest BCUT2D eigenvalue weighted by molar-refractivity contribution is 6.34. The van der Waals surface area contributed by atoms with Gasteiger partial charge in [0.15, 0.2) is 17.2 Å². The third kappa shape index (κ3) is 5.49. The van der Waals surface area contributed by atoms with E-state index in [2.05, 4.69) is 25.7 Å². The van der Waals surface area contributed by atoms with Gasteiger partial charge in [-0.2, -0.15) is 18.3 Å². The van der Waals surface area contributed by atoms with Crippen LogP contribution in [-0.4, -0.2) is 43.6 Å². The minimum absolute atomic E-state index is 0.117. The molecule has 5 aromatic rings. The van der Waals surface area contributed by atoms with Gasteiger partial charge >= 0.3 is 6.18 Å². The van der Waals surface area contributed by atoms with Crippen LogP contribution in [0.25, 0.3) is 16.9 Å². The number of amides is 1. The van der Waals surface area contributed by atoms with Crippen LogP contribution in [0.3, 0.4) is 0 Å². The molecule has 0 aliphatic carbocycles. The van der Waals surface area contributed by atoms with Crippen molar-refractivity contribution in [1.82, 2.24) is 29.5 Å². The molecular weight excluding hydrogens is 545 g/mol. The number of aromatic nitrogens is 5. The van der Waals surface area contributed by atoms with Gasteiger partial charge in [-0.3, -0.25) is 13.9 Å². The molecule has 0 bridgehead atoms. The maximum absolute atomic E-state index is 14.1. The van der Waals surface area contributed by atoms with Gasteiger partial charge in [-0.1, -0.05) is 35.9 Å². The lowest BCUT2D eigenvalue weighted by molar-refractivity contribution is -0.141. The van der Waals surface area contributed by atoms with Gasteiger partial charge in [0.2, 0.25) is 0 Å². The van der Waals surface area contributed by atoms with Crippen molar-refractivity contribution in [3.05, 3.63) is 94.7 Å². The smallest absolute Gasteiger partial charge is 0.355 e. The first-order valence-electron chi connectivity index (χ1n) is 12.2. The highest BCUT2D eigenvalue weighted by Crippen LogP contribution is 2.37. The first kappa shape index (κ1) is 27.2. The minimum atomic E-state index is -4.69. The van der Waals surface area contributed by atoms with Crippen molar-refractivity contribution in [1.29, 1.82) is 0 Å². The molecule has 13 heteroatoms. The molecule has 0 saturated carbocycles. The SMILES string of the molecule is CNC(=O)c1ccc(Nc2nccn3c(-c4cn(Cc5cccc(CCN)c5)nc4C(F)(F)F)cnc23)cc1Cl. The number of alkyl halides is 3. The summed E-state index contributed by atoms with van der Waals surface area (Å²) in [6, 6.07) is 12.3. The summed E-state index contributed by atoms with van der Waals surface area (Å²) in [5.41, 5.74) is 7.62. The Morgan fingerprint density at radius 2 is 1.93 bits per heavy atom. The molecule has 40 heavy (non-hydrogen) atoms. The molecule has 0 fully saturated rings. The van der Waals surface area contributed by atoms with Gasteiger partial charge < -0.3 is 16.4 Å². The summed E-state index contributed by atoms with van der Waals surface area (Å²) in [6.45, 7) is 0.626. The summed E-state index contributed by atoms with van der Waals surface area (Å²) >= 11 is 6.25. The second-order valence-electron chi connectivity index (χ2n) is 8.96. The Morgan fingerprint density at radius 3 is 2.65 bits per heavy atom. The van der Waals surface area contributed by atoms with Crippen molar-refractivity contribution >= 4 is 34.7 Å². The van der Waals surface area contributed by atoms with E-state index < -0.39 is 11.9 Å². The van der Waals surface area contributed by atoms with E-state index >= 15 is 0 Å². The van der Waals surface area contributed by atoms with E-state index in [1.165, 1.54) is 40.9 Å². The van der Waals surface area contributed by atoms with E-state index in [4.69, 9.17) is 17.3 Å². The summed E-state index contributed by atoms with van der Waals surface area (Å²) in [7, 11) is 1.50. The quantitative estimate of drug-likeness (QED) is 0.245. The fourth-order valence-corrected chi connectivity index (χ4v) is 4.66. The third-order valence-electron chi connectivity index (χ3n) is 6.21. The Balaban J connectivity index is 1.50. The maximum Gasteiger partial charge on any atom is 0.435 e. The number of hydrogen-bond acceptors (Lipinski definition) is 6. The highest BCUT2D eigenvalue weighted by Gasteiger charge is 2.38. The summed E-state index contributed by atoms with van der Waals surface area (Å²) in [6.07, 6.45) is 1.67. The number of anilines is 2. The van der Waals surface area contributed by atoms with Crippen LogP contribution in [0.5, 0.6) is 0 Å². The van der Waals surface area contributed by atoms with Gasteiger partial charge in [-0.15, -0.1) is 0 Å². The number of nitrogens with two attached hydrogens (primary N) is 1. The Hall–Kier alpha value is -4.42. The molecule has 0 aliphatic heterocycles. The molecule has 0 saturated heterocycles. The molecule has 3 heterocycles. The summed E-state index contributed by atoms with van der Waals surface area (Å²) < 4.78 is 45.1. The molecule has 2 aromatic carbocycles. The average molecular weight is 569 g/mol. The first-order chi connectivity index (χ1) is 19.2. The molecule has 0 unspecified atom stereocenters. The zero-order valence-corrected chi connectivity index (χ0v) is 22.0. The number of rotatable bonds is 8. The van der Waals surface area contributed by atoms with Crippen LogP contribution in [-0.2, 0) is 19.1 Å². The zero-order valence-electron chi connectivity index (χ0n) is 21.2. The molecule has 0 aliphatic rings. The number of benzene rings is 2. The van der Waals surface area contributed by atoms with Gasteiger partial charge in [0, 0.05) is 31.3 Å². The van der Waals surface area contributed by atoms with E-state index in [1.807, 2.05) is 24.3 Å². The van der Waals surface area contributed by atoms with Gasteiger partial charge in [0.25, 0.3) is 5.91 Å². The first-order valence-corrected chi connectivity index (χ1v) is 12.6. The average Bonchev–Trinajstić information content (AvgIpc) is 3.54. The number of hydrogen-bond donors (Lipinski definition) is 3. The molecule has 0 radical (unpaired) electrons. The number of carbonyl (C=O) groups excluding carboxylic acids is 1. The maximum atomic E-state index is 14.1. The summed E-state index contributed by atoms with van der Waals surface area (Å²) in [5, 5.41) is 9.69. The van der Waals surface area contributed by atoms with Crippen molar-refractivity contribution in [2.45, 2.75) is 19.1 Å². The largest absolute Gasteiger partial charge is 0.435 e. The van der Waals surface area contributed by atoms with Crippen LogP contribution in [0, 0.1) is 0 Å². The van der Waals surface area contributed by atoms with Crippen LogP contribution >= 0.6 is 11.6 Å². The van der Waals surface area contributed by atoms with E-state index in [0.29, 0.717) is 29.9 Å². The fourth-order valence-electron chi connectivity index (χ4n) is 4.39. The van der Waals surface area contributed by atoms with Crippen molar-refractivity contribution in [3.8, 4) is 11.3 Å². The van der Waals surface area contributed by atoms with Gasteiger partial charge in [-0.25, -0.2) is 9.97 Å². The normalized spacial score (nSPS) is 11.7. The number of carbonyl (C=O) groups is 1. The lowest BCUT2D eigenvalue weighted by Gasteiger charge is -2.10. The fraction of sp³-hybridized carbons (Fsp3) is 0.185. The Labute approximate surface area is 231 Å². The molecule has 206 valence electrons. The Morgan fingerprint density at radius 1 is 1.12 bits per heavy atom. The van der Waals surface area contributed by atoms with Crippen LogP contribution in [0.2, 0.25) is 5.02 Å². The van der Waals surface area contributed by atoms with Gasteiger partial charge in [-0.05, 0) is 42.3 Å². The molecule has 0 atom stereocenters. The Bertz CT molecular complexity index is 1700. The van der Waals surface area contributed by atoms with Crippen molar-refractivity contribution in [3.63, 3.8) is 0 Å². The molecule has 9 nitrogen and oxygen atoms in total. The predicted molar refractivity (Wildman–Crippen MR) is 146 cm³/mol. The topological polar surface area (TPSA) is 115 Å². The molecule has 1 amide bonds. The van der Waals surface area contributed by atoms with Crippen molar-refractivity contribution in [2.75, 3.05) is 18.9 Å². The lowest BCUT2D eigenvalue weighted by Crippen LogP contribution is -2.18. The summed E-state index contributed by atoms with van der Waals surface area (Å²) in [4.78, 5) is 20.6. The van der Waals surface area contributed by atoms with Crippen LogP contribution in [0.4, 0.5) is 24.7 Å². The summed E-state index contributed by atoms with van der Waals surface area (Å²) in [5.74, 6) is -0.0471. The van der Waals surface area contributed by atoms with Crippen LogP contribution in [0.15, 0.2) is 67.3 Å². The molecular formula is C27H24ClF3N8O. The number of fused-ring (bicyclic) bond motifs is 1. The highest BCUT2D eigenvalue weighted by atomic mass is 35.5. The number of nitrogens with one attached hydrogen (secondary N) is 2. The second-order valence-corrected chi connectivity index (χ2v) is 9.36. The van der Waals surface area contributed by atoms with Gasteiger partial charge in [0.1, 0.15) is 0 Å².